The van der Waals surface area contributed by atoms with Crippen LogP contribution in [0.3, 0.4) is 0 Å². The average Bonchev–Trinajstić information content (AvgIpc) is 3.08. The van der Waals surface area contributed by atoms with Crippen LogP contribution in [0.4, 0.5) is 5.69 Å². The maximum Gasteiger partial charge on any atom is 0.0504 e. The van der Waals surface area contributed by atoms with E-state index in [-0.39, 0.29) is 5.41 Å². The van der Waals surface area contributed by atoms with E-state index in [9.17, 15) is 5.11 Å². The van der Waals surface area contributed by atoms with Crippen molar-refractivity contribution in [1.29, 1.82) is 0 Å². The molecule has 0 amide bonds. The topological polar surface area (TPSA) is 32.3 Å². The van der Waals surface area contributed by atoms with E-state index < -0.39 is 0 Å². The Morgan fingerprint density at radius 3 is 2.40 bits per heavy atom. The molecule has 1 fully saturated rings. The molecule has 2 nitrogen and oxygen atoms in total. The fourth-order valence-electron chi connectivity index (χ4n) is 1.72. The smallest absolute Gasteiger partial charge is 0.0504 e. The summed E-state index contributed by atoms with van der Waals surface area (Å²) in [6, 6.07) is 8.54. The normalized spacial score (nSPS) is 17.5. The van der Waals surface area contributed by atoms with Crippen LogP contribution < -0.4 is 5.32 Å². The van der Waals surface area contributed by atoms with Gasteiger partial charge in [0.15, 0.2) is 0 Å². The molecule has 0 aromatic heterocycles. The summed E-state index contributed by atoms with van der Waals surface area (Å²) < 4.78 is 0. The van der Waals surface area contributed by atoms with E-state index in [2.05, 4.69) is 36.5 Å². The van der Waals surface area contributed by atoms with Gasteiger partial charge in [-0.1, -0.05) is 19.1 Å². The van der Waals surface area contributed by atoms with Gasteiger partial charge in [-0.2, -0.15) is 0 Å². The lowest BCUT2D eigenvalue weighted by atomic mass is 10.1. The first-order valence-corrected chi connectivity index (χ1v) is 5.72. The monoisotopic (exact) mass is 205 g/mol. The van der Waals surface area contributed by atoms with Crippen LogP contribution in [-0.2, 0) is 6.42 Å². The maximum atomic E-state index is 9.18. The van der Waals surface area contributed by atoms with Gasteiger partial charge in [0.1, 0.15) is 0 Å². The van der Waals surface area contributed by atoms with Crippen molar-refractivity contribution < 1.29 is 5.11 Å². The van der Waals surface area contributed by atoms with Crippen LogP contribution in [0.1, 0.15) is 25.3 Å². The van der Waals surface area contributed by atoms with E-state index in [0.717, 1.165) is 31.5 Å². The van der Waals surface area contributed by atoms with Gasteiger partial charge in [-0.05, 0) is 37.0 Å². The Morgan fingerprint density at radius 1 is 1.27 bits per heavy atom. The highest BCUT2D eigenvalue weighted by Crippen LogP contribution is 2.44. The lowest BCUT2D eigenvalue weighted by molar-refractivity contribution is 0.220. The Balaban J connectivity index is 1.88. The van der Waals surface area contributed by atoms with Crippen molar-refractivity contribution in [1.82, 2.24) is 0 Å². The van der Waals surface area contributed by atoms with E-state index >= 15 is 0 Å². The Labute approximate surface area is 91.3 Å². The highest BCUT2D eigenvalue weighted by Gasteiger charge is 2.41. The molecule has 0 unspecified atom stereocenters. The van der Waals surface area contributed by atoms with Gasteiger partial charge in [0.25, 0.3) is 0 Å². The van der Waals surface area contributed by atoms with Crippen LogP contribution in [-0.4, -0.2) is 18.3 Å². The molecule has 1 aromatic carbocycles. The van der Waals surface area contributed by atoms with E-state index in [1.54, 1.807) is 0 Å². The first kappa shape index (κ1) is 10.5. The summed E-state index contributed by atoms with van der Waals surface area (Å²) in [7, 11) is 0. The number of hydrogen-bond acceptors (Lipinski definition) is 2. The standard InChI is InChI=1S/C13H19NO/c1-2-11-3-5-12(6-4-11)14-9-13(10-15)7-8-13/h3-6,14-15H,2,7-10H2,1H3. The van der Waals surface area contributed by atoms with Crippen LogP contribution in [0.2, 0.25) is 0 Å². The quantitative estimate of drug-likeness (QED) is 0.773. The van der Waals surface area contributed by atoms with Crippen molar-refractivity contribution in [2.75, 3.05) is 18.5 Å². The molecule has 1 aliphatic carbocycles. The summed E-state index contributed by atoms with van der Waals surface area (Å²) in [5, 5.41) is 12.6. The lowest BCUT2D eigenvalue weighted by Crippen LogP contribution is -2.18. The van der Waals surface area contributed by atoms with E-state index in [1.807, 2.05) is 0 Å². The molecule has 0 spiro atoms. The molecule has 2 rings (SSSR count). The van der Waals surface area contributed by atoms with Crippen LogP contribution >= 0.6 is 0 Å². The minimum Gasteiger partial charge on any atom is -0.396 e. The molecular weight excluding hydrogens is 186 g/mol. The Kier molecular flexibility index (Phi) is 2.96. The molecule has 0 radical (unpaired) electrons. The van der Waals surface area contributed by atoms with Crippen molar-refractivity contribution in [3.63, 3.8) is 0 Å². The zero-order valence-corrected chi connectivity index (χ0v) is 9.29. The maximum absolute atomic E-state index is 9.18. The first-order chi connectivity index (χ1) is 7.28. The fraction of sp³-hybridized carbons (Fsp3) is 0.538. The van der Waals surface area contributed by atoms with E-state index in [0.29, 0.717) is 6.61 Å². The number of aliphatic hydroxyl groups excluding tert-OH is 1. The number of anilines is 1. The molecule has 0 bridgehead atoms. The highest BCUT2D eigenvalue weighted by molar-refractivity contribution is 5.45. The molecule has 1 saturated carbocycles. The van der Waals surface area contributed by atoms with E-state index in [1.165, 1.54) is 5.56 Å². The van der Waals surface area contributed by atoms with Crippen molar-refractivity contribution in [2.24, 2.45) is 5.41 Å². The van der Waals surface area contributed by atoms with Gasteiger partial charge in [-0.25, -0.2) is 0 Å². The van der Waals surface area contributed by atoms with Crippen LogP contribution in [0.15, 0.2) is 24.3 Å². The van der Waals surface area contributed by atoms with Crippen molar-refractivity contribution in [3.05, 3.63) is 29.8 Å². The summed E-state index contributed by atoms with van der Waals surface area (Å²) in [6.07, 6.45) is 3.40. The Bertz CT molecular complexity index is 314. The lowest BCUT2D eigenvalue weighted by Gasteiger charge is -2.13. The predicted molar refractivity (Wildman–Crippen MR) is 63.1 cm³/mol. The Morgan fingerprint density at radius 2 is 1.93 bits per heavy atom. The summed E-state index contributed by atoms with van der Waals surface area (Å²) >= 11 is 0. The number of aliphatic hydroxyl groups is 1. The van der Waals surface area contributed by atoms with Crippen LogP contribution in [0.25, 0.3) is 0 Å². The van der Waals surface area contributed by atoms with Crippen molar-refractivity contribution in [2.45, 2.75) is 26.2 Å². The third-order valence-electron chi connectivity index (χ3n) is 3.32. The molecule has 0 atom stereocenters. The van der Waals surface area contributed by atoms with Gasteiger partial charge in [0, 0.05) is 17.6 Å². The third-order valence-corrected chi connectivity index (χ3v) is 3.32. The summed E-state index contributed by atoms with van der Waals surface area (Å²) in [5.41, 5.74) is 2.71. The van der Waals surface area contributed by atoms with Gasteiger partial charge < -0.3 is 10.4 Å². The Hall–Kier alpha value is -1.02. The minimum absolute atomic E-state index is 0.184. The number of rotatable bonds is 5. The molecule has 0 aliphatic heterocycles. The fourth-order valence-corrected chi connectivity index (χ4v) is 1.72. The number of hydrogen-bond donors (Lipinski definition) is 2. The molecule has 0 heterocycles. The number of benzene rings is 1. The van der Waals surface area contributed by atoms with Gasteiger partial charge in [0.05, 0.1) is 6.61 Å². The molecule has 2 N–H and O–H groups in total. The largest absolute Gasteiger partial charge is 0.396 e. The highest BCUT2D eigenvalue weighted by atomic mass is 16.3. The third kappa shape index (κ3) is 2.51. The second kappa shape index (κ2) is 4.23. The minimum atomic E-state index is 0.184. The average molecular weight is 205 g/mol. The molecule has 0 saturated heterocycles. The van der Waals surface area contributed by atoms with Gasteiger partial charge in [-0.3, -0.25) is 0 Å². The van der Waals surface area contributed by atoms with Gasteiger partial charge >= 0.3 is 0 Å². The van der Waals surface area contributed by atoms with Crippen LogP contribution in [0.5, 0.6) is 0 Å². The van der Waals surface area contributed by atoms with Gasteiger partial charge in [-0.15, -0.1) is 0 Å². The molecule has 1 aromatic rings. The summed E-state index contributed by atoms with van der Waals surface area (Å²) in [4.78, 5) is 0. The van der Waals surface area contributed by atoms with Crippen LogP contribution in [0, 0.1) is 5.41 Å². The second-order valence-electron chi connectivity index (χ2n) is 4.56. The molecular formula is C13H19NO. The molecule has 2 heteroatoms. The molecule has 15 heavy (non-hydrogen) atoms. The zero-order chi connectivity index (χ0) is 10.7. The number of nitrogens with one attached hydrogen (secondary N) is 1. The second-order valence-corrected chi connectivity index (χ2v) is 4.56. The molecule has 82 valence electrons. The SMILES string of the molecule is CCc1ccc(NCC2(CO)CC2)cc1. The van der Waals surface area contributed by atoms with Gasteiger partial charge in [0.2, 0.25) is 0 Å². The summed E-state index contributed by atoms with van der Waals surface area (Å²) in [5.74, 6) is 0. The van der Waals surface area contributed by atoms with E-state index in [4.69, 9.17) is 0 Å². The number of aryl methyl sites for hydroxylation is 1. The zero-order valence-electron chi connectivity index (χ0n) is 9.29. The molecule has 1 aliphatic rings. The summed E-state index contributed by atoms with van der Waals surface area (Å²) in [6.45, 7) is 3.37. The predicted octanol–water partition coefficient (Wildman–Crippen LogP) is 2.43. The van der Waals surface area contributed by atoms with Crippen molar-refractivity contribution in [3.8, 4) is 0 Å². The van der Waals surface area contributed by atoms with Crippen molar-refractivity contribution >= 4 is 5.69 Å². The first-order valence-electron chi connectivity index (χ1n) is 5.72.